The van der Waals surface area contributed by atoms with Gasteiger partial charge in [0.1, 0.15) is 5.75 Å². The van der Waals surface area contributed by atoms with Crippen molar-refractivity contribution in [2.45, 2.75) is 6.54 Å². The molecule has 0 bridgehead atoms. The first-order valence-corrected chi connectivity index (χ1v) is 5.75. The number of methoxy groups -OCH3 is 1. The molecule has 17 heavy (non-hydrogen) atoms. The van der Waals surface area contributed by atoms with Crippen LogP contribution in [0.1, 0.15) is 5.56 Å². The molecule has 0 fully saturated rings. The SMILES string of the molecule is COc1ccc(Cl)c(-c2ccc(CN)cc2)c1. The molecule has 0 radical (unpaired) electrons. The van der Waals surface area contributed by atoms with Crippen molar-refractivity contribution in [2.75, 3.05) is 7.11 Å². The van der Waals surface area contributed by atoms with Crippen LogP contribution in [-0.2, 0) is 6.54 Å². The van der Waals surface area contributed by atoms with E-state index in [2.05, 4.69) is 0 Å². The average molecular weight is 248 g/mol. The van der Waals surface area contributed by atoms with Gasteiger partial charge in [-0.25, -0.2) is 0 Å². The largest absolute Gasteiger partial charge is 0.497 e. The van der Waals surface area contributed by atoms with E-state index in [1.807, 2.05) is 42.5 Å². The number of benzene rings is 2. The minimum Gasteiger partial charge on any atom is -0.497 e. The summed E-state index contributed by atoms with van der Waals surface area (Å²) in [6.07, 6.45) is 0. The zero-order valence-electron chi connectivity index (χ0n) is 9.61. The fourth-order valence-electron chi connectivity index (χ4n) is 1.67. The molecule has 88 valence electrons. The van der Waals surface area contributed by atoms with Gasteiger partial charge in [0.15, 0.2) is 0 Å². The highest BCUT2D eigenvalue weighted by Gasteiger charge is 2.05. The summed E-state index contributed by atoms with van der Waals surface area (Å²) in [5.74, 6) is 0.798. The van der Waals surface area contributed by atoms with Gasteiger partial charge in [-0.2, -0.15) is 0 Å². The number of halogens is 1. The van der Waals surface area contributed by atoms with E-state index in [0.717, 1.165) is 22.4 Å². The molecule has 0 amide bonds. The van der Waals surface area contributed by atoms with Crippen LogP contribution < -0.4 is 10.5 Å². The Morgan fingerprint density at radius 3 is 2.41 bits per heavy atom. The van der Waals surface area contributed by atoms with Gasteiger partial charge in [0.25, 0.3) is 0 Å². The van der Waals surface area contributed by atoms with Crippen LogP contribution in [0.4, 0.5) is 0 Å². The third-order valence-electron chi connectivity index (χ3n) is 2.67. The molecule has 0 aliphatic rings. The zero-order valence-corrected chi connectivity index (χ0v) is 10.4. The van der Waals surface area contributed by atoms with Crippen molar-refractivity contribution in [1.82, 2.24) is 0 Å². The van der Waals surface area contributed by atoms with Gasteiger partial charge in [0.2, 0.25) is 0 Å². The Hall–Kier alpha value is -1.51. The molecular formula is C14H14ClNO. The quantitative estimate of drug-likeness (QED) is 0.901. The highest BCUT2D eigenvalue weighted by molar-refractivity contribution is 6.33. The first-order chi connectivity index (χ1) is 8.24. The van der Waals surface area contributed by atoms with E-state index in [9.17, 15) is 0 Å². The Morgan fingerprint density at radius 1 is 1.12 bits per heavy atom. The summed E-state index contributed by atoms with van der Waals surface area (Å²) in [6, 6.07) is 13.7. The normalized spacial score (nSPS) is 10.3. The maximum Gasteiger partial charge on any atom is 0.119 e. The maximum absolute atomic E-state index is 6.18. The van der Waals surface area contributed by atoms with Crippen LogP contribution in [0.25, 0.3) is 11.1 Å². The minimum absolute atomic E-state index is 0.548. The molecule has 2 nitrogen and oxygen atoms in total. The lowest BCUT2D eigenvalue weighted by Crippen LogP contribution is -1.95. The third kappa shape index (κ3) is 2.60. The Kier molecular flexibility index (Phi) is 3.67. The van der Waals surface area contributed by atoms with E-state index in [0.29, 0.717) is 11.6 Å². The van der Waals surface area contributed by atoms with E-state index >= 15 is 0 Å². The van der Waals surface area contributed by atoms with Crippen molar-refractivity contribution in [2.24, 2.45) is 5.73 Å². The molecule has 2 aromatic rings. The number of ether oxygens (including phenoxy) is 1. The second-order valence-corrected chi connectivity index (χ2v) is 4.15. The van der Waals surface area contributed by atoms with Crippen molar-refractivity contribution >= 4 is 11.6 Å². The molecule has 2 rings (SSSR count). The van der Waals surface area contributed by atoms with E-state index in [1.165, 1.54) is 0 Å². The molecule has 3 heteroatoms. The Balaban J connectivity index is 2.43. The smallest absolute Gasteiger partial charge is 0.119 e. The molecule has 0 unspecified atom stereocenters. The molecule has 0 aromatic heterocycles. The van der Waals surface area contributed by atoms with Crippen LogP contribution in [-0.4, -0.2) is 7.11 Å². The molecule has 0 atom stereocenters. The van der Waals surface area contributed by atoms with Crippen molar-refractivity contribution < 1.29 is 4.74 Å². The first kappa shape index (κ1) is 12.0. The highest BCUT2D eigenvalue weighted by atomic mass is 35.5. The van der Waals surface area contributed by atoms with Gasteiger partial charge in [-0.1, -0.05) is 35.9 Å². The standard InChI is InChI=1S/C14H14ClNO/c1-17-12-6-7-14(15)13(8-12)11-4-2-10(9-16)3-5-11/h2-8H,9,16H2,1H3. The van der Waals surface area contributed by atoms with E-state index < -0.39 is 0 Å². The Morgan fingerprint density at radius 2 is 1.82 bits per heavy atom. The maximum atomic E-state index is 6.18. The van der Waals surface area contributed by atoms with Gasteiger partial charge in [-0.05, 0) is 29.3 Å². The summed E-state index contributed by atoms with van der Waals surface area (Å²) < 4.78 is 5.20. The van der Waals surface area contributed by atoms with Crippen molar-refractivity contribution in [3.63, 3.8) is 0 Å². The summed E-state index contributed by atoms with van der Waals surface area (Å²) in [5, 5.41) is 0.714. The molecule has 0 saturated heterocycles. The fraction of sp³-hybridized carbons (Fsp3) is 0.143. The van der Waals surface area contributed by atoms with E-state index in [1.54, 1.807) is 7.11 Å². The van der Waals surface area contributed by atoms with Crippen LogP contribution in [0.15, 0.2) is 42.5 Å². The van der Waals surface area contributed by atoms with Crippen LogP contribution in [0, 0.1) is 0 Å². The van der Waals surface area contributed by atoms with Crippen molar-refractivity contribution in [3.05, 3.63) is 53.1 Å². The molecule has 0 heterocycles. The average Bonchev–Trinajstić information content (AvgIpc) is 2.39. The number of rotatable bonds is 3. The lowest BCUT2D eigenvalue weighted by molar-refractivity contribution is 0.415. The van der Waals surface area contributed by atoms with Gasteiger partial charge in [-0.15, -0.1) is 0 Å². The lowest BCUT2D eigenvalue weighted by atomic mass is 10.0. The second-order valence-electron chi connectivity index (χ2n) is 3.75. The molecule has 0 saturated carbocycles. The minimum atomic E-state index is 0.548. The Bertz CT molecular complexity index is 508. The van der Waals surface area contributed by atoms with Crippen LogP contribution in [0.2, 0.25) is 5.02 Å². The van der Waals surface area contributed by atoms with Crippen molar-refractivity contribution in [1.29, 1.82) is 0 Å². The highest BCUT2D eigenvalue weighted by Crippen LogP contribution is 2.31. The van der Waals surface area contributed by atoms with E-state index in [-0.39, 0.29) is 0 Å². The predicted molar refractivity (Wildman–Crippen MR) is 71.3 cm³/mol. The lowest BCUT2D eigenvalue weighted by Gasteiger charge is -2.08. The summed E-state index contributed by atoms with van der Waals surface area (Å²) >= 11 is 6.18. The monoisotopic (exact) mass is 247 g/mol. The summed E-state index contributed by atoms with van der Waals surface area (Å²) in [5.41, 5.74) is 8.70. The first-order valence-electron chi connectivity index (χ1n) is 5.37. The van der Waals surface area contributed by atoms with Crippen LogP contribution in [0.5, 0.6) is 5.75 Å². The van der Waals surface area contributed by atoms with Crippen molar-refractivity contribution in [3.8, 4) is 16.9 Å². The topological polar surface area (TPSA) is 35.2 Å². The number of nitrogens with two attached hydrogens (primary N) is 1. The second kappa shape index (κ2) is 5.21. The summed E-state index contributed by atoms with van der Waals surface area (Å²) in [4.78, 5) is 0. The summed E-state index contributed by atoms with van der Waals surface area (Å²) in [6.45, 7) is 0.548. The van der Waals surface area contributed by atoms with Crippen LogP contribution >= 0.6 is 11.6 Å². The predicted octanol–water partition coefficient (Wildman–Crippen LogP) is 3.47. The van der Waals surface area contributed by atoms with Gasteiger partial charge in [0.05, 0.1) is 7.11 Å². The summed E-state index contributed by atoms with van der Waals surface area (Å²) in [7, 11) is 1.64. The molecule has 2 N–H and O–H groups in total. The fourth-order valence-corrected chi connectivity index (χ4v) is 1.90. The number of hydrogen-bond acceptors (Lipinski definition) is 2. The third-order valence-corrected chi connectivity index (χ3v) is 3.00. The van der Waals surface area contributed by atoms with Crippen LogP contribution in [0.3, 0.4) is 0 Å². The molecule has 0 aliphatic heterocycles. The van der Waals surface area contributed by atoms with Gasteiger partial charge >= 0.3 is 0 Å². The molecule has 2 aromatic carbocycles. The van der Waals surface area contributed by atoms with Gasteiger partial charge in [-0.3, -0.25) is 0 Å². The van der Waals surface area contributed by atoms with Gasteiger partial charge < -0.3 is 10.5 Å². The van der Waals surface area contributed by atoms with Gasteiger partial charge in [0, 0.05) is 17.1 Å². The Labute approximate surface area is 106 Å². The molecular weight excluding hydrogens is 234 g/mol. The molecule has 0 spiro atoms. The number of hydrogen-bond donors (Lipinski definition) is 1. The zero-order chi connectivity index (χ0) is 12.3. The van der Waals surface area contributed by atoms with E-state index in [4.69, 9.17) is 22.1 Å². The molecule has 0 aliphatic carbocycles.